The number of anilines is 1. The zero-order valence-electron chi connectivity index (χ0n) is 18.2. The van der Waals surface area contributed by atoms with E-state index < -0.39 is 0 Å². The molecule has 2 aliphatic rings. The van der Waals surface area contributed by atoms with Crippen molar-refractivity contribution in [1.82, 2.24) is 20.3 Å². The third-order valence-corrected chi connectivity index (χ3v) is 6.41. The van der Waals surface area contributed by atoms with Crippen molar-refractivity contribution in [2.24, 2.45) is 0 Å². The molecule has 0 unspecified atom stereocenters. The molecule has 7 nitrogen and oxygen atoms in total. The summed E-state index contributed by atoms with van der Waals surface area (Å²) in [6.07, 6.45) is 11.6. The van der Waals surface area contributed by atoms with Crippen LogP contribution in [0.4, 0.5) is 5.95 Å². The number of pyridine rings is 1. The minimum Gasteiger partial charge on any atom is -0.474 e. The molecule has 1 saturated carbocycles. The summed E-state index contributed by atoms with van der Waals surface area (Å²) >= 11 is 0. The highest BCUT2D eigenvalue weighted by atomic mass is 16.5. The van der Waals surface area contributed by atoms with Gasteiger partial charge in [-0.3, -0.25) is 0 Å². The fourth-order valence-corrected chi connectivity index (χ4v) is 4.66. The molecule has 3 N–H and O–H groups in total. The number of aliphatic hydroxyl groups is 1. The quantitative estimate of drug-likeness (QED) is 0.636. The molecule has 2 fully saturated rings. The minimum absolute atomic E-state index is 0.176. The van der Waals surface area contributed by atoms with Gasteiger partial charge in [-0.15, -0.1) is 0 Å². The van der Waals surface area contributed by atoms with Gasteiger partial charge < -0.3 is 20.5 Å². The third kappa shape index (κ3) is 5.01. The van der Waals surface area contributed by atoms with E-state index in [4.69, 9.17) is 14.7 Å². The molecule has 1 aliphatic carbocycles. The lowest BCUT2D eigenvalue weighted by Gasteiger charge is -2.27. The van der Waals surface area contributed by atoms with Crippen LogP contribution in [0.15, 0.2) is 12.4 Å². The van der Waals surface area contributed by atoms with E-state index >= 15 is 0 Å². The first kappa shape index (κ1) is 21.2. The summed E-state index contributed by atoms with van der Waals surface area (Å²) in [6.45, 7) is 6.31. The van der Waals surface area contributed by atoms with E-state index in [1.54, 1.807) is 0 Å². The number of nitrogens with one attached hydrogen (secondary N) is 2. The molecule has 164 valence electrons. The van der Waals surface area contributed by atoms with E-state index in [1.807, 2.05) is 12.4 Å². The van der Waals surface area contributed by atoms with Crippen molar-refractivity contribution >= 4 is 16.9 Å². The minimum atomic E-state index is -0.176. The van der Waals surface area contributed by atoms with Crippen LogP contribution in [0.3, 0.4) is 0 Å². The van der Waals surface area contributed by atoms with Crippen LogP contribution in [0, 0.1) is 0 Å². The number of aliphatic hydroxyl groups excluding tert-OH is 1. The average molecular weight is 414 g/mol. The lowest BCUT2D eigenvalue weighted by molar-refractivity contribution is 0.122. The van der Waals surface area contributed by atoms with Crippen LogP contribution >= 0.6 is 0 Å². The Labute approximate surface area is 179 Å². The maximum atomic E-state index is 9.93. The van der Waals surface area contributed by atoms with Crippen molar-refractivity contribution in [3.05, 3.63) is 18.0 Å². The fraction of sp³-hybridized carbons (Fsp3) is 0.696. The van der Waals surface area contributed by atoms with E-state index in [1.165, 1.54) is 0 Å². The number of hydrogen-bond donors (Lipinski definition) is 3. The molecule has 2 aromatic heterocycles. The lowest BCUT2D eigenvalue weighted by atomic mass is 9.83. The molecular formula is C23H35N5O2. The van der Waals surface area contributed by atoms with Gasteiger partial charge in [-0.1, -0.05) is 13.3 Å². The van der Waals surface area contributed by atoms with Crippen molar-refractivity contribution in [2.75, 3.05) is 18.4 Å². The first-order valence-electron chi connectivity index (χ1n) is 11.6. The van der Waals surface area contributed by atoms with Crippen molar-refractivity contribution in [3.8, 4) is 5.88 Å². The average Bonchev–Trinajstić information content (AvgIpc) is 2.75. The molecule has 30 heavy (non-hydrogen) atoms. The SMILES string of the molecule is CCC[C@@H](C)Nc1ncc2c(OC3CCNCC3)ncc([C@H]3CC[C@@H](O)CC3)c2n1. The third-order valence-electron chi connectivity index (χ3n) is 6.41. The van der Waals surface area contributed by atoms with Gasteiger partial charge in [0.05, 0.1) is 17.0 Å². The molecule has 3 heterocycles. The van der Waals surface area contributed by atoms with Crippen LogP contribution in [0.1, 0.15) is 76.7 Å². The Hall–Kier alpha value is -1.99. The van der Waals surface area contributed by atoms with Gasteiger partial charge >= 0.3 is 0 Å². The van der Waals surface area contributed by atoms with Crippen LogP contribution in [-0.4, -0.2) is 51.4 Å². The molecule has 0 aromatic carbocycles. The number of ether oxygens (including phenoxy) is 1. The Balaban J connectivity index is 1.67. The molecule has 0 spiro atoms. The number of nitrogens with zero attached hydrogens (tertiary/aromatic N) is 3. The van der Waals surface area contributed by atoms with Crippen LogP contribution in [0.5, 0.6) is 5.88 Å². The summed E-state index contributed by atoms with van der Waals surface area (Å²) in [4.78, 5) is 14.2. The first-order valence-corrected chi connectivity index (χ1v) is 11.6. The molecule has 4 rings (SSSR count). The molecule has 1 aliphatic heterocycles. The van der Waals surface area contributed by atoms with Crippen molar-refractivity contribution in [2.45, 2.75) is 89.4 Å². The Bertz CT molecular complexity index is 832. The smallest absolute Gasteiger partial charge is 0.224 e. The van der Waals surface area contributed by atoms with E-state index in [9.17, 15) is 5.11 Å². The standard InChI is InChI=1S/C23H35N5O2/c1-3-4-15(2)27-23-26-14-20-21(28-23)19(16-5-7-17(29)8-6-16)13-25-22(20)30-18-9-11-24-12-10-18/h13-18,24,29H,3-12H2,1-2H3,(H,26,27,28)/t15-,16-,17+/m1/s1. The van der Waals surface area contributed by atoms with Crippen LogP contribution in [0.2, 0.25) is 0 Å². The normalized spacial score (nSPS) is 24.0. The molecule has 7 heteroatoms. The highest BCUT2D eigenvalue weighted by Crippen LogP contribution is 2.38. The van der Waals surface area contributed by atoms with Gasteiger partial charge in [0.2, 0.25) is 11.8 Å². The Kier molecular flexibility index (Phi) is 7.00. The van der Waals surface area contributed by atoms with Gasteiger partial charge in [-0.25, -0.2) is 15.0 Å². The van der Waals surface area contributed by atoms with Gasteiger partial charge in [-0.2, -0.15) is 0 Å². The molecule has 0 bridgehead atoms. The number of fused-ring (bicyclic) bond motifs is 1. The number of piperidine rings is 1. The lowest BCUT2D eigenvalue weighted by Crippen LogP contribution is -2.34. The second kappa shape index (κ2) is 9.88. The van der Waals surface area contributed by atoms with E-state index in [0.29, 0.717) is 23.8 Å². The number of aromatic nitrogens is 3. The van der Waals surface area contributed by atoms with Gasteiger partial charge in [0.25, 0.3) is 0 Å². The van der Waals surface area contributed by atoms with Crippen molar-refractivity contribution in [3.63, 3.8) is 0 Å². The summed E-state index contributed by atoms with van der Waals surface area (Å²) < 4.78 is 6.30. The highest BCUT2D eigenvalue weighted by Gasteiger charge is 2.25. The van der Waals surface area contributed by atoms with Crippen LogP contribution in [0.25, 0.3) is 10.9 Å². The van der Waals surface area contributed by atoms with Crippen molar-refractivity contribution in [1.29, 1.82) is 0 Å². The molecule has 0 amide bonds. The van der Waals surface area contributed by atoms with Gasteiger partial charge in [0.15, 0.2) is 0 Å². The fourth-order valence-electron chi connectivity index (χ4n) is 4.66. The second-order valence-electron chi connectivity index (χ2n) is 8.88. The molecule has 1 saturated heterocycles. The van der Waals surface area contributed by atoms with E-state index in [2.05, 4.69) is 29.5 Å². The van der Waals surface area contributed by atoms with E-state index in [-0.39, 0.29) is 12.2 Å². The predicted octanol–water partition coefficient (Wildman–Crippen LogP) is 3.77. The summed E-state index contributed by atoms with van der Waals surface area (Å²) in [5.41, 5.74) is 2.10. The second-order valence-corrected chi connectivity index (χ2v) is 8.88. The van der Waals surface area contributed by atoms with Gasteiger partial charge in [0, 0.05) is 24.0 Å². The Morgan fingerprint density at radius 1 is 1.13 bits per heavy atom. The van der Waals surface area contributed by atoms with Crippen LogP contribution in [-0.2, 0) is 0 Å². The molecule has 2 aromatic rings. The topological polar surface area (TPSA) is 92.2 Å². The highest BCUT2D eigenvalue weighted by molar-refractivity contribution is 5.86. The van der Waals surface area contributed by atoms with Gasteiger partial charge in [-0.05, 0) is 70.9 Å². The maximum Gasteiger partial charge on any atom is 0.224 e. The zero-order valence-corrected chi connectivity index (χ0v) is 18.2. The summed E-state index contributed by atoms with van der Waals surface area (Å²) in [5, 5.41) is 17.6. The summed E-state index contributed by atoms with van der Waals surface area (Å²) in [6, 6.07) is 0.327. The number of hydrogen-bond acceptors (Lipinski definition) is 7. The molecule has 0 radical (unpaired) electrons. The largest absolute Gasteiger partial charge is 0.474 e. The monoisotopic (exact) mass is 413 g/mol. The van der Waals surface area contributed by atoms with Crippen LogP contribution < -0.4 is 15.4 Å². The predicted molar refractivity (Wildman–Crippen MR) is 119 cm³/mol. The summed E-state index contributed by atoms with van der Waals surface area (Å²) in [7, 11) is 0. The molecular weight excluding hydrogens is 378 g/mol. The van der Waals surface area contributed by atoms with Crippen molar-refractivity contribution < 1.29 is 9.84 Å². The number of rotatable bonds is 7. The molecule has 1 atom stereocenters. The summed E-state index contributed by atoms with van der Waals surface area (Å²) in [5.74, 6) is 1.68. The van der Waals surface area contributed by atoms with Gasteiger partial charge in [0.1, 0.15) is 6.10 Å². The Morgan fingerprint density at radius 2 is 1.90 bits per heavy atom. The Morgan fingerprint density at radius 3 is 2.63 bits per heavy atom. The maximum absolute atomic E-state index is 9.93. The van der Waals surface area contributed by atoms with E-state index in [0.717, 1.165) is 80.9 Å². The zero-order chi connectivity index (χ0) is 20.9. The first-order chi connectivity index (χ1) is 14.6.